The van der Waals surface area contributed by atoms with Crippen molar-refractivity contribution in [3.05, 3.63) is 27.5 Å². The van der Waals surface area contributed by atoms with Gasteiger partial charge in [-0.1, -0.05) is 11.6 Å². The van der Waals surface area contributed by atoms with Gasteiger partial charge >= 0.3 is 0 Å². The zero-order valence-corrected chi connectivity index (χ0v) is 8.82. The number of nitrogens with zero attached hydrogens (tertiary/aromatic N) is 1. The molecule has 1 unspecified atom stereocenters. The van der Waals surface area contributed by atoms with E-state index >= 15 is 0 Å². The minimum Gasteiger partial charge on any atom is -0.365 e. The molecule has 2 heterocycles. The number of halogens is 2. The van der Waals surface area contributed by atoms with Crippen molar-refractivity contribution in [1.82, 2.24) is 4.98 Å². The number of ether oxygens (including phenoxy) is 1. The number of rotatable bonds is 1. The summed E-state index contributed by atoms with van der Waals surface area (Å²) >= 11 is 9.17. The lowest BCUT2D eigenvalue weighted by Crippen LogP contribution is -2.03. The molecule has 2 nitrogen and oxygen atoms in total. The highest BCUT2D eigenvalue weighted by Gasteiger charge is 2.42. The van der Waals surface area contributed by atoms with Crippen LogP contribution in [0.5, 0.6) is 0 Å². The van der Waals surface area contributed by atoms with Crippen molar-refractivity contribution in [1.29, 1.82) is 0 Å². The van der Waals surface area contributed by atoms with Gasteiger partial charge in [-0.15, -0.1) is 0 Å². The van der Waals surface area contributed by atoms with Crippen LogP contribution in [0, 0.1) is 0 Å². The van der Waals surface area contributed by atoms with Gasteiger partial charge in [0.2, 0.25) is 0 Å². The van der Waals surface area contributed by atoms with E-state index in [0.717, 1.165) is 16.6 Å². The average molecular weight is 249 g/mol. The molecule has 0 bridgehead atoms. The molecule has 1 aliphatic rings. The average Bonchev–Trinajstić information content (AvgIpc) is 2.75. The van der Waals surface area contributed by atoms with Gasteiger partial charge in [-0.25, -0.2) is 4.98 Å². The molecular formula is C8H7BrClNO. The van der Waals surface area contributed by atoms with E-state index in [4.69, 9.17) is 16.3 Å². The van der Waals surface area contributed by atoms with Gasteiger partial charge in [0.1, 0.15) is 10.8 Å². The lowest BCUT2D eigenvalue weighted by Gasteiger charge is -2.07. The third kappa shape index (κ3) is 1.37. The highest BCUT2D eigenvalue weighted by Crippen LogP contribution is 2.41. The molecule has 0 saturated carbocycles. The van der Waals surface area contributed by atoms with Crippen molar-refractivity contribution in [2.24, 2.45) is 0 Å². The topological polar surface area (TPSA) is 25.4 Å². The van der Waals surface area contributed by atoms with Gasteiger partial charge in [-0.05, 0) is 28.9 Å². The Morgan fingerprint density at radius 3 is 3.00 bits per heavy atom. The molecule has 1 aromatic heterocycles. The molecule has 64 valence electrons. The van der Waals surface area contributed by atoms with Crippen molar-refractivity contribution in [3.63, 3.8) is 0 Å². The monoisotopic (exact) mass is 247 g/mol. The van der Waals surface area contributed by atoms with E-state index in [9.17, 15) is 0 Å². The molecule has 0 amide bonds. The van der Waals surface area contributed by atoms with E-state index in [2.05, 4.69) is 20.9 Å². The Morgan fingerprint density at radius 2 is 2.42 bits per heavy atom. The lowest BCUT2D eigenvalue weighted by atomic mass is 10.0. The molecule has 2 rings (SSSR count). The van der Waals surface area contributed by atoms with Crippen LogP contribution in [0.3, 0.4) is 0 Å². The standard InChI is InChI=1S/C8H7BrClNO/c1-8(4-12-8)5-2-7(10)11-3-6(5)9/h2-3H,4H2,1H3. The van der Waals surface area contributed by atoms with E-state index in [1.165, 1.54) is 0 Å². The van der Waals surface area contributed by atoms with E-state index in [1.807, 2.05) is 13.0 Å². The van der Waals surface area contributed by atoms with Crippen molar-refractivity contribution in [3.8, 4) is 0 Å². The van der Waals surface area contributed by atoms with Crippen LogP contribution in [0.1, 0.15) is 12.5 Å². The van der Waals surface area contributed by atoms with Gasteiger partial charge < -0.3 is 4.74 Å². The second-order valence-electron chi connectivity index (χ2n) is 3.01. The first-order valence-corrected chi connectivity index (χ1v) is 4.74. The molecule has 12 heavy (non-hydrogen) atoms. The highest BCUT2D eigenvalue weighted by molar-refractivity contribution is 9.10. The predicted octanol–water partition coefficient (Wildman–Crippen LogP) is 2.74. The number of hydrogen-bond donors (Lipinski definition) is 0. The van der Waals surface area contributed by atoms with Gasteiger partial charge in [0, 0.05) is 16.2 Å². The van der Waals surface area contributed by atoms with Crippen LogP contribution in [0.25, 0.3) is 0 Å². The van der Waals surface area contributed by atoms with Crippen LogP contribution in [-0.2, 0) is 10.3 Å². The molecule has 0 aliphatic carbocycles. The van der Waals surface area contributed by atoms with Gasteiger partial charge in [0.25, 0.3) is 0 Å². The Balaban J connectivity index is 2.48. The predicted molar refractivity (Wildman–Crippen MR) is 50.3 cm³/mol. The first kappa shape index (κ1) is 8.48. The van der Waals surface area contributed by atoms with Crippen LogP contribution >= 0.6 is 27.5 Å². The number of epoxide rings is 1. The zero-order chi connectivity index (χ0) is 8.77. The molecule has 1 fully saturated rings. The molecule has 1 saturated heterocycles. The van der Waals surface area contributed by atoms with Crippen molar-refractivity contribution in [2.75, 3.05) is 6.61 Å². The molecule has 1 aromatic rings. The molecule has 0 N–H and O–H groups in total. The summed E-state index contributed by atoms with van der Waals surface area (Å²) in [5.74, 6) is 0. The van der Waals surface area contributed by atoms with Crippen LogP contribution in [-0.4, -0.2) is 11.6 Å². The fraction of sp³-hybridized carbons (Fsp3) is 0.375. The van der Waals surface area contributed by atoms with E-state index < -0.39 is 0 Å². The summed E-state index contributed by atoms with van der Waals surface area (Å²) < 4.78 is 6.25. The van der Waals surface area contributed by atoms with Crippen LogP contribution < -0.4 is 0 Å². The third-order valence-corrected chi connectivity index (χ3v) is 2.81. The lowest BCUT2D eigenvalue weighted by molar-refractivity contribution is 0.328. The van der Waals surface area contributed by atoms with Gasteiger partial charge in [-0.3, -0.25) is 0 Å². The van der Waals surface area contributed by atoms with Crippen molar-refractivity contribution in [2.45, 2.75) is 12.5 Å². The molecule has 1 aliphatic heterocycles. The minimum atomic E-state index is -0.147. The largest absolute Gasteiger partial charge is 0.365 e. The van der Waals surface area contributed by atoms with E-state index in [1.54, 1.807) is 6.20 Å². The second-order valence-corrected chi connectivity index (χ2v) is 4.25. The molecule has 0 radical (unpaired) electrons. The van der Waals surface area contributed by atoms with Gasteiger partial charge in [0.05, 0.1) is 6.61 Å². The first-order chi connectivity index (χ1) is 5.62. The molecular weight excluding hydrogens is 241 g/mol. The third-order valence-electron chi connectivity index (χ3n) is 1.97. The summed E-state index contributed by atoms with van der Waals surface area (Å²) in [6.07, 6.45) is 1.70. The Bertz CT molecular complexity index is 325. The minimum absolute atomic E-state index is 0.147. The second kappa shape index (κ2) is 2.69. The highest BCUT2D eigenvalue weighted by atomic mass is 79.9. The summed E-state index contributed by atoms with van der Waals surface area (Å²) in [4.78, 5) is 3.94. The summed E-state index contributed by atoms with van der Waals surface area (Å²) in [6.45, 7) is 2.79. The maximum atomic E-state index is 5.76. The number of hydrogen-bond acceptors (Lipinski definition) is 2. The Labute approximate surface area is 84.0 Å². The van der Waals surface area contributed by atoms with Crippen molar-refractivity contribution < 1.29 is 4.74 Å². The van der Waals surface area contributed by atoms with E-state index in [0.29, 0.717) is 5.15 Å². The maximum absolute atomic E-state index is 5.76. The molecule has 1 atom stereocenters. The normalized spacial score (nSPS) is 27.2. The Hall–Kier alpha value is -0.120. The summed E-state index contributed by atoms with van der Waals surface area (Å²) in [7, 11) is 0. The zero-order valence-electron chi connectivity index (χ0n) is 6.47. The number of aromatic nitrogens is 1. The van der Waals surface area contributed by atoms with Crippen molar-refractivity contribution >= 4 is 27.5 Å². The van der Waals surface area contributed by atoms with Crippen LogP contribution in [0.4, 0.5) is 0 Å². The maximum Gasteiger partial charge on any atom is 0.129 e. The first-order valence-electron chi connectivity index (χ1n) is 3.57. The van der Waals surface area contributed by atoms with Crippen LogP contribution in [0.15, 0.2) is 16.7 Å². The summed E-state index contributed by atoms with van der Waals surface area (Å²) in [5.41, 5.74) is 0.924. The van der Waals surface area contributed by atoms with Gasteiger partial charge in [0.15, 0.2) is 0 Å². The SMILES string of the molecule is CC1(c2cc(Cl)ncc2Br)CO1. The quantitative estimate of drug-likeness (QED) is 0.564. The summed E-state index contributed by atoms with van der Waals surface area (Å²) in [5, 5.41) is 0.505. The molecule has 0 spiro atoms. The molecule has 4 heteroatoms. The number of pyridine rings is 1. The Kier molecular flexibility index (Phi) is 1.90. The van der Waals surface area contributed by atoms with Crippen LogP contribution in [0.2, 0.25) is 5.15 Å². The smallest absolute Gasteiger partial charge is 0.129 e. The molecule has 0 aromatic carbocycles. The fourth-order valence-corrected chi connectivity index (χ4v) is 1.88. The summed E-state index contributed by atoms with van der Waals surface area (Å²) in [6, 6.07) is 1.83. The Morgan fingerprint density at radius 1 is 1.75 bits per heavy atom. The fourth-order valence-electron chi connectivity index (χ4n) is 1.08. The van der Waals surface area contributed by atoms with E-state index in [-0.39, 0.29) is 5.60 Å². The van der Waals surface area contributed by atoms with Gasteiger partial charge in [-0.2, -0.15) is 0 Å².